The molecule has 1 unspecified atom stereocenters. The number of fused-ring (bicyclic) bond motifs is 1. The maximum Gasteiger partial charge on any atom is 0.0302 e. The molecule has 84 valence electrons. The lowest BCUT2D eigenvalue weighted by Crippen LogP contribution is -2.32. The van der Waals surface area contributed by atoms with E-state index in [1.807, 2.05) is 11.3 Å². The smallest absolute Gasteiger partial charge is 0.0302 e. The van der Waals surface area contributed by atoms with Crippen LogP contribution in [0.5, 0.6) is 0 Å². The summed E-state index contributed by atoms with van der Waals surface area (Å²) in [6.45, 7) is 3.83. The van der Waals surface area contributed by atoms with Crippen molar-refractivity contribution < 1.29 is 0 Å². The maximum absolute atomic E-state index is 5.57. The average Bonchev–Trinajstić information content (AvgIpc) is 2.68. The van der Waals surface area contributed by atoms with Crippen molar-refractivity contribution in [1.82, 2.24) is 5.32 Å². The van der Waals surface area contributed by atoms with Crippen molar-refractivity contribution in [3.63, 3.8) is 0 Å². The number of thiophene rings is 1. The monoisotopic (exact) mass is 224 g/mol. The minimum absolute atomic E-state index is 0.420. The highest BCUT2D eigenvalue weighted by atomic mass is 32.1. The van der Waals surface area contributed by atoms with Crippen LogP contribution in [0, 0.1) is 0 Å². The van der Waals surface area contributed by atoms with Gasteiger partial charge >= 0.3 is 0 Å². The first-order valence-corrected chi connectivity index (χ1v) is 6.65. The van der Waals surface area contributed by atoms with E-state index in [0.29, 0.717) is 12.6 Å². The van der Waals surface area contributed by atoms with Crippen molar-refractivity contribution in [2.75, 3.05) is 6.54 Å². The number of hydrogen-bond donors (Lipinski definition) is 2. The molecule has 15 heavy (non-hydrogen) atoms. The second-order valence-electron chi connectivity index (χ2n) is 4.39. The zero-order valence-electron chi connectivity index (χ0n) is 9.38. The summed E-state index contributed by atoms with van der Waals surface area (Å²) in [6, 6.07) is 2.80. The van der Waals surface area contributed by atoms with Crippen LogP contribution in [0.2, 0.25) is 0 Å². The molecular weight excluding hydrogens is 204 g/mol. The summed E-state index contributed by atoms with van der Waals surface area (Å²) >= 11 is 1.98. The second kappa shape index (κ2) is 5.10. The Balaban J connectivity index is 1.94. The summed E-state index contributed by atoms with van der Waals surface area (Å²) < 4.78 is 0. The SMILES string of the molecule is CC(CN)NCc1cc2c(s1)CCCC2. The van der Waals surface area contributed by atoms with E-state index in [0.717, 1.165) is 6.54 Å². The van der Waals surface area contributed by atoms with E-state index in [1.165, 1.54) is 30.6 Å². The highest BCUT2D eigenvalue weighted by Crippen LogP contribution is 2.29. The zero-order chi connectivity index (χ0) is 10.7. The Labute approximate surface area is 95.9 Å². The van der Waals surface area contributed by atoms with Gasteiger partial charge in [0.2, 0.25) is 0 Å². The first-order valence-electron chi connectivity index (χ1n) is 5.83. The van der Waals surface area contributed by atoms with Crippen LogP contribution in [-0.2, 0) is 19.4 Å². The van der Waals surface area contributed by atoms with Gasteiger partial charge in [-0.1, -0.05) is 0 Å². The van der Waals surface area contributed by atoms with Gasteiger partial charge in [0.05, 0.1) is 0 Å². The van der Waals surface area contributed by atoms with E-state index in [2.05, 4.69) is 18.3 Å². The van der Waals surface area contributed by atoms with E-state index in [4.69, 9.17) is 5.73 Å². The third-order valence-corrected chi connectivity index (χ3v) is 4.26. The molecule has 3 N–H and O–H groups in total. The first kappa shape index (κ1) is 11.1. The van der Waals surface area contributed by atoms with Crippen molar-refractivity contribution in [3.05, 3.63) is 21.4 Å². The molecule has 0 radical (unpaired) electrons. The quantitative estimate of drug-likeness (QED) is 0.821. The highest BCUT2D eigenvalue weighted by molar-refractivity contribution is 7.12. The molecule has 0 spiro atoms. The fraction of sp³-hybridized carbons (Fsp3) is 0.667. The predicted octanol–water partition coefficient (Wildman–Crippen LogP) is 2.06. The number of rotatable bonds is 4. The highest BCUT2D eigenvalue weighted by Gasteiger charge is 2.13. The molecule has 0 aromatic carbocycles. The van der Waals surface area contributed by atoms with E-state index < -0.39 is 0 Å². The van der Waals surface area contributed by atoms with Crippen molar-refractivity contribution in [2.45, 2.75) is 45.2 Å². The van der Waals surface area contributed by atoms with Crippen LogP contribution in [0.15, 0.2) is 6.07 Å². The molecule has 2 nitrogen and oxygen atoms in total. The molecule has 1 atom stereocenters. The van der Waals surface area contributed by atoms with Gasteiger partial charge in [0.15, 0.2) is 0 Å². The van der Waals surface area contributed by atoms with Gasteiger partial charge in [0.25, 0.3) is 0 Å². The topological polar surface area (TPSA) is 38.0 Å². The molecule has 0 fully saturated rings. The van der Waals surface area contributed by atoms with Gasteiger partial charge in [-0.05, 0) is 44.2 Å². The summed E-state index contributed by atoms with van der Waals surface area (Å²) in [6.07, 6.45) is 5.33. The Hall–Kier alpha value is -0.380. The summed E-state index contributed by atoms with van der Waals surface area (Å²) in [4.78, 5) is 3.10. The van der Waals surface area contributed by atoms with Crippen LogP contribution in [0.4, 0.5) is 0 Å². The van der Waals surface area contributed by atoms with E-state index in [1.54, 1.807) is 10.4 Å². The lowest BCUT2D eigenvalue weighted by molar-refractivity contribution is 0.560. The lowest BCUT2D eigenvalue weighted by atomic mass is 9.99. The lowest BCUT2D eigenvalue weighted by Gasteiger charge is -2.09. The Kier molecular flexibility index (Phi) is 3.78. The average molecular weight is 224 g/mol. The Morgan fingerprint density at radius 2 is 2.27 bits per heavy atom. The fourth-order valence-electron chi connectivity index (χ4n) is 2.00. The Bertz CT molecular complexity index is 296. The van der Waals surface area contributed by atoms with E-state index in [-0.39, 0.29) is 0 Å². The third kappa shape index (κ3) is 2.80. The van der Waals surface area contributed by atoms with Gasteiger partial charge in [-0.15, -0.1) is 11.3 Å². The number of hydrogen-bond acceptors (Lipinski definition) is 3. The number of aryl methyl sites for hydroxylation is 2. The van der Waals surface area contributed by atoms with Gasteiger partial charge in [0.1, 0.15) is 0 Å². The number of nitrogens with one attached hydrogen (secondary N) is 1. The molecule has 0 saturated heterocycles. The molecule has 1 heterocycles. The van der Waals surface area contributed by atoms with Gasteiger partial charge in [-0.25, -0.2) is 0 Å². The van der Waals surface area contributed by atoms with Crippen LogP contribution in [0.3, 0.4) is 0 Å². The zero-order valence-corrected chi connectivity index (χ0v) is 10.2. The summed E-state index contributed by atoms with van der Waals surface area (Å²) in [5.41, 5.74) is 7.17. The van der Waals surface area contributed by atoms with Crippen molar-refractivity contribution in [3.8, 4) is 0 Å². The minimum Gasteiger partial charge on any atom is -0.329 e. The van der Waals surface area contributed by atoms with Gasteiger partial charge in [-0.2, -0.15) is 0 Å². The second-order valence-corrected chi connectivity index (χ2v) is 5.61. The van der Waals surface area contributed by atoms with E-state index in [9.17, 15) is 0 Å². The molecule has 1 aliphatic carbocycles. The molecule has 1 aromatic rings. The van der Waals surface area contributed by atoms with Crippen LogP contribution < -0.4 is 11.1 Å². The molecule has 0 saturated carbocycles. The van der Waals surface area contributed by atoms with Gasteiger partial charge < -0.3 is 11.1 Å². The molecular formula is C12H20N2S. The molecule has 2 rings (SSSR count). The third-order valence-electron chi connectivity index (χ3n) is 3.03. The van der Waals surface area contributed by atoms with Crippen molar-refractivity contribution in [1.29, 1.82) is 0 Å². The summed E-state index contributed by atoms with van der Waals surface area (Å²) in [5.74, 6) is 0. The largest absolute Gasteiger partial charge is 0.329 e. The van der Waals surface area contributed by atoms with Crippen molar-refractivity contribution in [2.24, 2.45) is 5.73 Å². The molecule has 0 aliphatic heterocycles. The van der Waals surface area contributed by atoms with Crippen LogP contribution in [0.1, 0.15) is 35.1 Å². The Morgan fingerprint density at radius 3 is 3.00 bits per heavy atom. The maximum atomic E-state index is 5.57. The van der Waals surface area contributed by atoms with E-state index >= 15 is 0 Å². The van der Waals surface area contributed by atoms with Crippen LogP contribution in [0.25, 0.3) is 0 Å². The Morgan fingerprint density at radius 1 is 1.47 bits per heavy atom. The van der Waals surface area contributed by atoms with Crippen LogP contribution >= 0.6 is 11.3 Å². The van der Waals surface area contributed by atoms with Crippen molar-refractivity contribution >= 4 is 11.3 Å². The molecule has 1 aliphatic rings. The molecule has 0 amide bonds. The van der Waals surface area contributed by atoms with Gasteiger partial charge in [0, 0.05) is 28.9 Å². The predicted molar refractivity (Wildman–Crippen MR) is 66.3 cm³/mol. The molecule has 0 bridgehead atoms. The molecule has 3 heteroatoms. The van der Waals surface area contributed by atoms with Crippen LogP contribution in [-0.4, -0.2) is 12.6 Å². The minimum atomic E-state index is 0.420. The fourth-order valence-corrected chi connectivity index (χ4v) is 3.21. The molecule has 1 aromatic heterocycles. The number of nitrogens with two attached hydrogens (primary N) is 1. The normalized spacial score (nSPS) is 17.5. The first-order chi connectivity index (χ1) is 7.29. The summed E-state index contributed by atoms with van der Waals surface area (Å²) in [7, 11) is 0. The standard InChI is InChI=1S/C12H20N2S/c1-9(7-13)14-8-11-6-10-4-2-3-5-12(10)15-11/h6,9,14H,2-5,7-8,13H2,1H3. The summed E-state index contributed by atoms with van der Waals surface area (Å²) in [5, 5.41) is 3.44. The van der Waals surface area contributed by atoms with Gasteiger partial charge in [-0.3, -0.25) is 0 Å².